The van der Waals surface area contributed by atoms with E-state index in [1.54, 1.807) is 34.1 Å². The molecule has 2 unspecified atom stereocenters. The van der Waals surface area contributed by atoms with Gasteiger partial charge in [0.25, 0.3) is 5.91 Å². The van der Waals surface area contributed by atoms with Crippen LogP contribution in [0.1, 0.15) is 23.2 Å². The molecule has 2 aliphatic heterocycles. The van der Waals surface area contributed by atoms with Gasteiger partial charge >= 0.3 is 18.1 Å². The van der Waals surface area contributed by atoms with Crippen LogP contribution in [0.2, 0.25) is 10.0 Å². The molecule has 2 atom stereocenters. The third-order valence-corrected chi connectivity index (χ3v) is 7.65. The number of amides is 1. The maximum atomic E-state index is 12.8. The summed E-state index contributed by atoms with van der Waals surface area (Å²) in [6.45, 7) is -0.0235. The van der Waals surface area contributed by atoms with Gasteiger partial charge in [0.2, 0.25) is 0 Å². The number of benzene rings is 2. The van der Waals surface area contributed by atoms with Crippen LogP contribution in [0.25, 0.3) is 0 Å². The molecule has 2 fully saturated rings. The number of piperidine rings is 1. The van der Waals surface area contributed by atoms with Crippen molar-refractivity contribution in [3.8, 4) is 11.5 Å². The molecule has 1 amide bonds. The van der Waals surface area contributed by atoms with Crippen molar-refractivity contribution in [3.63, 3.8) is 0 Å². The number of anilines is 1. The van der Waals surface area contributed by atoms with Gasteiger partial charge in [-0.1, -0.05) is 23.2 Å². The number of halogens is 5. The number of nitrogens with zero attached hydrogens (tertiary/aromatic N) is 2. The number of ether oxygens (including phenoxy) is 3. The highest BCUT2D eigenvalue weighted by molar-refractivity contribution is 6.32. The monoisotopic (exact) mass is 663 g/mol. The molecule has 16 heteroatoms. The second-order valence-electron chi connectivity index (χ2n) is 10.2. The Bertz CT molecular complexity index is 1340. The number of likely N-dealkylation sites (tertiary alicyclic amines) is 1. The fourth-order valence-corrected chi connectivity index (χ4v) is 5.29. The molecule has 2 aromatic rings. The lowest BCUT2D eigenvalue weighted by molar-refractivity contribution is -0.202. The van der Waals surface area contributed by atoms with Gasteiger partial charge in [-0.2, -0.15) is 13.2 Å². The van der Waals surface area contributed by atoms with E-state index in [2.05, 4.69) is 10.1 Å². The lowest BCUT2D eigenvalue weighted by Crippen LogP contribution is -2.50. The number of hydrogen-bond acceptors (Lipinski definition) is 10. The molecule has 0 spiro atoms. The average molecular weight is 664 g/mol. The van der Waals surface area contributed by atoms with E-state index in [0.717, 1.165) is 0 Å². The second kappa shape index (κ2) is 14.7. The zero-order valence-electron chi connectivity index (χ0n) is 23.2. The van der Waals surface area contributed by atoms with E-state index >= 15 is 0 Å². The van der Waals surface area contributed by atoms with E-state index in [1.165, 1.54) is 12.1 Å². The molecule has 2 aliphatic rings. The van der Waals surface area contributed by atoms with Crippen LogP contribution in [0.3, 0.4) is 0 Å². The van der Waals surface area contributed by atoms with Crippen LogP contribution in [-0.2, 0) is 14.3 Å². The molecule has 4 rings (SSSR count). The first-order valence-corrected chi connectivity index (χ1v) is 14.4. The molecule has 2 heterocycles. The number of nitrogens with one attached hydrogen (secondary N) is 1. The zero-order chi connectivity index (χ0) is 32.0. The predicted molar refractivity (Wildman–Crippen MR) is 152 cm³/mol. The highest BCUT2D eigenvalue weighted by atomic mass is 35.5. The third-order valence-electron chi connectivity index (χ3n) is 7.10. The Morgan fingerprint density at radius 3 is 2.32 bits per heavy atom. The summed E-state index contributed by atoms with van der Waals surface area (Å²) >= 11 is 12.2. The van der Waals surface area contributed by atoms with Crippen LogP contribution < -0.4 is 19.7 Å². The van der Waals surface area contributed by atoms with Crippen LogP contribution in [0.4, 0.5) is 18.9 Å². The fourth-order valence-electron chi connectivity index (χ4n) is 4.95. The summed E-state index contributed by atoms with van der Waals surface area (Å²) in [5.41, 5.74) is 0.843. The molecule has 0 bridgehead atoms. The van der Waals surface area contributed by atoms with Crippen molar-refractivity contribution < 1.29 is 52.0 Å². The maximum Gasteiger partial charge on any atom is 0.491 e. The highest BCUT2D eigenvalue weighted by Gasteiger charge is 2.42. The van der Waals surface area contributed by atoms with Crippen molar-refractivity contribution in [1.29, 1.82) is 0 Å². The van der Waals surface area contributed by atoms with Gasteiger partial charge < -0.3 is 39.5 Å². The van der Waals surface area contributed by atoms with Gasteiger partial charge in [-0.25, -0.2) is 9.59 Å². The van der Waals surface area contributed by atoms with Crippen molar-refractivity contribution in [2.45, 2.75) is 37.2 Å². The van der Waals surface area contributed by atoms with Crippen LogP contribution in [0, 0.1) is 0 Å². The summed E-state index contributed by atoms with van der Waals surface area (Å²) in [6.07, 6.45) is -4.90. The Morgan fingerprint density at radius 2 is 1.68 bits per heavy atom. The smallest absolute Gasteiger partial charge is 0.490 e. The normalized spacial score (nSPS) is 19.2. The molecule has 0 saturated carbocycles. The second-order valence-corrected chi connectivity index (χ2v) is 11.0. The number of alkyl halides is 3. The zero-order valence-corrected chi connectivity index (χ0v) is 24.7. The lowest BCUT2D eigenvalue weighted by atomic mass is 10.0. The molecule has 2 saturated heterocycles. The first-order chi connectivity index (χ1) is 20.8. The van der Waals surface area contributed by atoms with Crippen molar-refractivity contribution in [2.75, 3.05) is 50.9 Å². The fraction of sp³-hybridized carbons (Fsp3) is 0.464. The Labute approximate surface area is 260 Å². The molecule has 11 nitrogen and oxygen atoms in total. The summed E-state index contributed by atoms with van der Waals surface area (Å²) < 4.78 is 52.0. The van der Waals surface area contributed by atoms with Gasteiger partial charge in [-0.15, -0.1) is 0 Å². The van der Waals surface area contributed by atoms with Crippen LogP contribution in [0.5, 0.6) is 11.5 Å². The first kappa shape index (κ1) is 33.6. The number of esters is 2. The average Bonchev–Trinajstić information content (AvgIpc) is 3.34. The topological polar surface area (TPSA) is 138 Å². The van der Waals surface area contributed by atoms with E-state index in [1.807, 2.05) is 0 Å². The number of carbonyl (C=O) groups is 3. The Morgan fingerprint density at radius 1 is 1.00 bits per heavy atom. The summed E-state index contributed by atoms with van der Waals surface area (Å²) in [5.74, 6) is -4.22. The van der Waals surface area contributed by atoms with Gasteiger partial charge in [0.1, 0.15) is 18.1 Å². The molecular weight excluding hydrogens is 634 g/mol. The Balaban J connectivity index is 1.40. The van der Waals surface area contributed by atoms with Crippen LogP contribution in [0.15, 0.2) is 36.4 Å². The van der Waals surface area contributed by atoms with Gasteiger partial charge in [0.05, 0.1) is 29.5 Å². The van der Waals surface area contributed by atoms with Gasteiger partial charge in [-0.3, -0.25) is 4.79 Å². The Kier molecular flexibility index (Phi) is 11.2. The molecule has 0 aliphatic carbocycles. The summed E-state index contributed by atoms with van der Waals surface area (Å²) in [6, 6.07) is 9.01. The number of carbonyl (C=O) groups excluding carboxylic acids is 3. The molecule has 2 aromatic carbocycles. The summed E-state index contributed by atoms with van der Waals surface area (Å²) in [5, 5.41) is 24.0. The van der Waals surface area contributed by atoms with E-state index in [4.69, 9.17) is 37.8 Å². The van der Waals surface area contributed by atoms with E-state index in [0.29, 0.717) is 42.2 Å². The first-order valence-electron chi connectivity index (χ1n) is 13.6. The largest absolute Gasteiger partial charge is 0.491 e. The SMILES string of the molecule is O=C(COc1cc(Cl)c(OCCO)cc1N1CC(O)C(NC2CCN(C(=O)c3ccc(Cl)cc3)CC2)C1)OC(=O)C(F)(F)F. The molecule has 3 N–H and O–H groups in total. The summed E-state index contributed by atoms with van der Waals surface area (Å²) in [4.78, 5) is 39.1. The minimum Gasteiger partial charge on any atom is -0.490 e. The van der Waals surface area contributed by atoms with Crippen molar-refractivity contribution in [2.24, 2.45) is 0 Å². The highest BCUT2D eigenvalue weighted by Crippen LogP contribution is 2.40. The molecule has 44 heavy (non-hydrogen) atoms. The van der Waals surface area contributed by atoms with Crippen molar-refractivity contribution in [1.82, 2.24) is 10.2 Å². The maximum absolute atomic E-state index is 12.8. The number of β-amino-alcohol motifs (C(OH)–C–C–N with tert-alkyl or cyclic N) is 1. The number of rotatable bonds is 10. The predicted octanol–water partition coefficient (Wildman–Crippen LogP) is 2.82. The van der Waals surface area contributed by atoms with E-state index in [-0.39, 0.29) is 54.8 Å². The summed E-state index contributed by atoms with van der Waals surface area (Å²) in [7, 11) is 0. The number of aliphatic hydroxyl groups excluding tert-OH is 2. The molecule has 0 aromatic heterocycles. The Hall–Kier alpha value is -3.30. The van der Waals surface area contributed by atoms with E-state index in [9.17, 15) is 32.7 Å². The minimum absolute atomic E-state index is 0.00851. The molecule has 240 valence electrons. The standard InChI is InChI=1S/C28H30Cl2F3N3O8/c29-17-3-1-16(2-4-17)26(40)35-7-5-18(6-8-35)34-20-13-36(14-22(20)38)21-12-23(42-10-9-37)19(30)11-24(21)43-15-25(39)44-27(41)28(31,32)33/h1-4,11-12,18,20,22,34,37-38H,5-10,13-15H2. The van der Waals surface area contributed by atoms with Crippen LogP contribution in [-0.4, -0.2) is 103 Å². The molecular formula is C28H30Cl2F3N3O8. The van der Waals surface area contributed by atoms with Gasteiger partial charge in [-0.05, 0) is 37.1 Å². The van der Waals surface area contributed by atoms with E-state index < -0.39 is 36.9 Å². The number of aliphatic hydroxyl groups is 2. The third kappa shape index (κ3) is 8.66. The molecule has 0 radical (unpaired) electrons. The minimum atomic E-state index is -5.35. The van der Waals surface area contributed by atoms with Gasteiger partial charge in [0, 0.05) is 54.9 Å². The van der Waals surface area contributed by atoms with Gasteiger partial charge in [0.15, 0.2) is 6.61 Å². The number of hydrogen-bond donors (Lipinski definition) is 3. The van der Waals surface area contributed by atoms with Crippen molar-refractivity contribution in [3.05, 3.63) is 52.0 Å². The lowest BCUT2D eigenvalue weighted by Gasteiger charge is -2.34. The quantitative estimate of drug-likeness (QED) is 0.257. The van der Waals surface area contributed by atoms with Crippen LogP contribution >= 0.6 is 23.2 Å². The van der Waals surface area contributed by atoms with Crippen molar-refractivity contribution >= 4 is 46.7 Å².